The lowest BCUT2D eigenvalue weighted by molar-refractivity contribution is 0.1000. The fraction of sp³-hybridized carbons (Fsp3) is 0.278. The van der Waals surface area contributed by atoms with Gasteiger partial charge < -0.3 is 11.1 Å². The SMILES string of the molecule is CC(C)(Cc1ccc(Br)cc1)NCc1cccc(C(N)=O)c1. The average molecular weight is 361 g/mol. The number of carbonyl (C=O) groups is 1. The molecule has 1 amide bonds. The zero-order chi connectivity index (χ0) is 16.2. The Balaban J connectivity index is 1.98. The van der Waals surface area contributed by atoms with E-state index in [-0.39, 0.29) is 5.54 Å². The maximum Gasteiger partial charge on any atom is 0.248 e. The molecule has 0 spiro atoms. The van der Waals surface area contributed by atoms with E-state index in [1.54, 1.807) is 6.07 Å². The number of hydrogen-bond donors (Lipinski definition) is 2. The predicted octanol–water partition coefficient (Wildman–Crippen LogP) is 3.66. The first kappa shape index (κ1) is 16.7. The van der Waals surface area contributed by atoms with Crippen molar-refractivity contribution in [2.24, 2.45) is 5.73 Å². The first-order valence-electron chi connectivity index (χ1n) is 7.24. The Morgan fingerprint density at radius 2 is 1.82 bits per heavy atom. The second kappa shape index (κ2) is 7.07. The maximum absolute atomic E-state index is 11.2. The summed E-state index contributed by atoms with van der Waals surface area (Å²) >= 11 is 3.45. The summed E-state index contributed by atoms with van der Waals surface area (Å²) in [7, 11) is 0. The molecule has 0 saturated carbocycles. The van der Waals surface area contributed by atoms with Gasteiger partial charge >= 0.3 is 0 Å². The lowest BCUT2D eigenvalue weighted by Gasteiger charge is -2.27. The number of rotatable bonds is 6. The van der Waals surface area contributed by atoms with Crippen LogP contribution in [0.2, 0.25) is 0 Å². The minimum atomic E-state index is -0.393. The monoisotopic (exact) mass is 360 g/mol. The van der Waals surface area contributed by atoms with Crippen LogP contribution in [0.5, 0.6) is 0 Å². The lowest BCUT2D eigenvalue weighted by atomic mass is 9.94. The number of benzene rings is 2. The van der Waals surface area contributed by atoms with Crippen LogP contribution in [0.25, 0.3) is 0 Å². The van der Waals surface area contributed by atoms with Crippen molar-refractivity contribution in [3.05, 3.63) is 69.7 Å². The van der Waals surface area contributed by atoms with Gasteiger partial charge in [0.15, 0.2) is 0 Å². The molecule has 0 aliphatic rings. The topological polar surface area (TPSA) is 55.1 Å². The van der Waals surface area contributed by atoms with E-state index in [0.29, 0.717) is 12.1 Å². The van der Waals surface area contributed by atoms with E-state index in [2.05, 4.69) is 59.4 Å². The van der Waals surface area contributed by atoms with Crippen LogP contribution < -0.4 is 11.1 Å². The molecule has 0 unspecified atom stereocenters. The van der Waals surface area contributed by atoms with Gasteiger partial charge in [0.05, 0.1) is 0 Å². The smallest absolute Gasteiger partial charge is 0.248 e. The molecule has 0 aromatic heterocycles. The summed E-state index contributed by atoms with van der Waals surface area (Å²) in [4.78, 5) is 11.2. The van der Waals surface area contributed by atoms with Gasteiger partial charge in [0.1, 0.15) is 0 Å². The summed E-state index contributed by atoms with van der Waals surface area (Å²) < 4.78 is 1.09. The van der Waals surface area contributed by atoms with Gasteiger partial charge in [-0.25, -0.2) is 0 Å². The van der Waals surface area contributed by atoms with Crippen molar-refractivity contribution in [1.82, 2.24) is 5.32 Å². The van der Waals surface area contributed by atoms with E-state index in [1.165, 1.54) is 5.56 Å². The molecule has 3 N–H and O–H groups in total. The lowest BCUT2D eigenvalue weighted by Crippen LogP contribution is -2.40. The molecule has 22 heavy (non-hydrogen) atoms. The summed E-state index contributed by atoms with van der Waals surface area (Å²) in [6.45, 7) is 5.05. The van der Waals surface area contributed by atoms with Gasteiger partial charge in [-0.3, -0.25) is 4.79 Å². The minimum absolute atomic E-state index is 0.0451. The summed E-state index contributed by atoms with van der Waals surface area (Å²) in [6, 6.07) is 15.8. The highest BCUT2D eigenvalue weighted by Crippen LogP contribution is 2.17. The van der Waals surface area contributed by atoms with Crippen LogP contribution in [0.4, 0.5) is 0 Å². The van der Waals surface area contributed by atoms with Crippen molar-refractivity contribution >= 4 is 21.8 Å². The Kier molecular flexibility index (Phi) is 5.37. The van der Waals surface area contributed by atoms with E-state index in [4.69, 9.17) is 5.73 Å². The van der Waals surface area contributed by atoms with Gasteiger partial charge in [-0.1, -0.05) is 40.2 Å². The number of halogens is 1. The van der Waals surface area contributed by atoms with E-state index in [0.717, 1.165) is 16.5 Å². The van der Waals surface area contributed by atoms with Crippen molar-refractivity contribution in [2.75, 3.05) is 0 Å². The van der Waals surface area contributed by atoms with Crippen molar-refractivity contribution in [2.45, 2.75) is 32.4 Å². The molecule has 0 radical (unpaired) electrons. The standard InChI is InChI=1S/C18H21BrN2O/c1-18(2,11-13-6-8-16(19)9-7-13)21-12-14-4-3-5-15(10-14)17(20)22/h3-10,21H,11-12H2,1-2H3,(H2,20,22). The maximum atomic E-state index is 11.2. The molecule has 0 aliphatic carbocycles. The highest BCUT2D eigenvalue weighted by molar-refractivity contribution is 9.10. The van der Waals surface area contributed by atoms with Gasteiger partial charge in [0.2, 0.25) is 5.91 Å². The average Bonchev–Trinajstić information content (AvgIpc) is 2.48. The molecule has 116 valence electrons. The third kappa shape index (κ3) is 4.97. The Morgan fingerprint density at radius 1 is 1.14 bits per heavy atom. The number of primary amides is 1. The highest BCUT2D eigenvalue weighted by atomic mass is 79.9. The minimum Gasteiger partial charge on any atom is -0.366 e. The van der Waals surface area contributed by atoms with E-state index >= 15 is 0 Å². The van der Waals surface area contributed by atoms with Crippen molar-refractivity contribution in [3.8, 4) is 0 Å². The third-order valence-corrected chi connectivity index (χ3v) is 4.07. The summed E-state index contributed by atoms with van der Waals surface area (Å²) in [5.74, 6) is -0.393. The first-order valence-corrected chi connectivity index (χ1v) is 8.03. The quantitative estimate of drug-likeness (QED) is 0.825. The van der Waals surface area contributed by atoms with Crippen LogP contribution in [0.15, 0.2) is 53.0 Å². The zero-order valence-corrected chi connectivity index (χ0v) is 14.5. The fourth-order valence-corrected chi connectivity index (χ4v) is 2.62. The molecular formula is C18H21BrN2O. The number of hydrogen-bond acceptors (Lipinski definition) is 2. The fourth-order valence-electron chi connectivity index (χ4n) is 2.35. The molecule has 3 nitrogen and oxygen atoms in total. The largest absolute Gasteiger partial charge is 0.366 e. The molecule has 4 heteroatoms. The molecule has 0 fully saturated rings. The molecule has 2 aromatic rings. The van der Waals surface area contributed by atoms with Crippen LogP contribution >= 0.6 is 15.9 Å². The Labute approximate surface area is 140 Å². The number of carbonyl (C=O) groups excluding carboxylic acids is 1. The molecule has 0 saturated heterocycles. The van der Waals surface area contributed by atoms with Crippen molar-refractivity contribution in [3.63, 3.8) is 0 Å². The predicted molar refractivity (Wildman–Crippen MR) is 93.7 cm³/mol. The second-order valence-electron chi connectivity index (χ2n) is 6.11. The van der Waals surface area contributed by atoms with Crippen LogP contribution in [-0.4, -0.2) is 11.4 Å². The van der Waals surface area contributed by atoms with Gasteiger partial charge in [-0.05, 0) is 55.7 Å². The number of amides is 1. The second-order valence-corrected chi connectivity index (χ2v) is 7.02. The molecule has 0 heterocycles. The first-order chi connectivity index (χ1) is 10.4. The Bertz CT molecular complexity index is 650. The molecule has 2 aromatic carbocycles. The summed E-state index contributed by atoms with van der Waals surface area (Å²) in [5, 5.41) is 3.54. The third-order valence-electron chi connectivity index (χ3n) is 3.54. The van der Waals surface area contributed by atoms with E-state index < -0.39 is 5.91 Å². The van der Waals surface area contributed by atoms with Gasteiger partial charge in [-0.15, -0.1) is 0 Å². The van der Waals surface area contributed by atoms with Gasteiger partial charge in [-0.2, -0.15) is 0 Å². The Hall–Kier alpha value is -1.65. The van der Waals surface area contributed by atoms with E-state index in [9.17, 15) is 4.79 Å². The van der Waals surface area contributed by atoms with Crippen LogP contribution in [0.1, 0.15) is 35.3 Å². The van der Waals surface area contributed by atoms with Gasteiger partial charge in [0.25, 0.3) is 0 Å². The molecule has 2 rings (SSSR count). The Morgan fingerprint density at radius 3 is 2.45 bits per heavy atom. The van der Waals surface area contributed by atoms with Gasteiger partial charge in [0, 0.05) is 22.1 Å². The molecule has 0 aliphatic heterocycles. The van der Waals surface area contributed by atoms with Crippen LogP contribution in [-0.2, 0) is 13.0 Å². The number of nitrogens with two attached hydrogens (primary N) is 1. The number of nitrogens with one attached hydrogen (secondary N) is 1. The summed E-state index contributed by atoms with van der Waals surface area (Å²) in [5.41, 5.74) is 8.16. The molecule has 0 bridgehead atoms. The highest BCUT2D eigenvalue weighted by Gasteiger charge is 2.17. The van der Waals surface area contributed by atoms with E-state index in [1.807, 2.05) is 18.2 Å². The summed E-state index contributed by atoms with van der Waals surface area (Å²) in [6.07, 6.45) is 0.926. The van der Waals surface area contributed by atoms with Crippen LogP contribution in [0.3, 0.4) is 0 Å². The molecule has 0 atom stereocenters. The van der Waals surface area contributed by atoms with Crippen LogP contribution in [0, 0.1) is 0 Å². The van der Waals surface area contributed by atoms with Crippen molar-refractivity contribution in [1.29, 1.82) is 0 Å². The normalized spacial score (nSPS) is 11.4. The van der Waals surface area contributed by atoms with Crippen molar-refractivity contribution < 1.29 is 4.79 Å². The zero-order valence-electron chi connectivity index (χ0n) is 12.9. The molecular weight excluding hydrogens is 340 g/mol.